The maximum absolute atomic E-state index is 3.69. The zero-order valence-corrected chi connectivity index (χ0v) is 10.6. The summed E-state index contributed by atoms with van der Waals surface area (Å²) in [5.74, 6) is 0. The summed E-state index contributed by atoms with van der Waals surface area (Å²) in [6.07, 6.45) is 14.7. The first-order valence-corrected chi connectivity index (χ1v) is 6.74. The van der Waals surface area contributed by atoms with Gasteiger partial charge in [-0.1, -0.05) is 36.0 Å². The molecule has 3 unspecified atom stereocenters. The maximum Gasteiger partial charge on any atom is 0.0601 e. The van der Waals surface area contributed by atoms with E-state index >= 15 is 0 Å². The highest BCUT2D eigenvalue weighted by Gasteiger charge is 2.40. The van der Waals surface area contributed by atoms with Gasteiger partial charge in [-0.2, -0.15) is 0 Å². The van der Waals surface area contributed by atoms with Crippen molar-refractivity contribution >= 4 is 11.8 Å². The maximum atomic E-state index is 3.69. The number of fused-ring (bicyclic) bond motifs is 2. The Balaban J connectivity index is 1.93. The summed E-state index contributed by atoms with van der Waals surface area (Å²) in [6, 6.07) is 0.473. The molecule has 3 atom stereocenters. The molecule has 0 aromatic carbocycles. The molecule has 0 radical (unpaired) electrons. The highest BCUT2D eigenvalue weighted by Crippen LogP contribution is 2.46. The molecule has 3 rings (SSSR count). The SMILES string of the molecule is CC1=CC2NC3=CC=CCC3(C)SC2C=C1. The van der Waals surface area contributed by atoms with Crippen molar-refractivity contribution in [2.75, 3.05) is 0 Å². The first kappa shape index (κ1) is 10.3. The fraction of sp³-hybridized carbons (Fsp3) is 0.429. The second-order valence-electron chi connectivity index (χ2n) is 4.97. The summed E-state index contributed by atoms with van der Waals surface area (Å²) in [5, 5.41) is 4.27. The quantitative estimate of drug-likeness (QED) is 0.687. The first-order chi connectivity index (χ1) is 7.67. The number of hydrogen-bond donors (Lipinski definition) is 1. The Morgan fingerprint density at radius 2 is 2.38 bits per heavy atom. The van der Waals surface area contributed by atoms with Crippen molar-refractivity contribution in [1.29, 1.82) is 0 Å². The van der Waals surface area contributed by atoms with E-state index < -0.39 is 0 Å². The van der Waals surface area contributed by atoms with Gasteiger partial charge in [-0.25, -0.2) is 0 Å². The van der Waals surface area contributed by atoms with Crippen LogP contribution in [0.25, 0.3) is 0 Å². The van der Waals surface area contributed by atoms with E-state index in [9.17, 15) is 0 Å². The molecule has 1 heterocycles. The molecule has 2 aliphatic carbocycles. The summed E-state index contributed by atoms with van der Waals surface area (Å²) in [5.41, 5.74) is 2.76. The van der Waals surface area contributed by atoms with Gasteiger partial charge in [0.05, 0.1) is 10.8 Å². The summed E-state index contributed by atoms with van der Waals surface area (Å²) in [6.45, 7) is 4.51. The second-order valence-corrected chi connectivity index (χ2v) is 6.65. The van der Waals surface area contributed by atoms with Gasteiger partial charge in [0.2, 0.25) is 0 Å². The van der Waals surface area contributed by atoms with Crippen LogP contribution in [0.5, 0.6) is 0 Å². The van der Waals surface area contributed by atoms with E-state index in [-0.39, 0.29) is 4.75 Å². The van der Waals surface area contributed by atoms with Crippen molar-refractivity contribution in [1.82, 2.24) is 5.32 Å². The van der Waals surface area contributed by atoms with Crippen molar-refractivity contribution in [2.45, 2.75) is 36.3 Å². The molecule has 1 saturated heterocycles. The van der Waals surface area contributed by atoms with Crippen LogP contribution < -0.4 is 5.32 Å². The largest absolute Gasteiger partial charge is 0.380 e. The average molecular weight is 231 g/mol. The number of nitrogens with one attached hydrogen (secondary N) is 1. The van der Waals surface area contributed by atoms with Gasteiger partial charge >= 0.3 is 0 Å². The molecular formula is C14H17NS. The lowest BCUT2D eigenvalue weighted by molar-refractivity contribution is 0.564. The predicted molar refractivity (Wildman–Crippen MR) is 71.4 cm³/mol. The summed E-state index contributed by atoms with van der Waals surface area (Å²) >= 11 is 2.09. The molecule has 16 heavy (non-hydrogen) atoms. The lowest BCUT2D eigenvalue weighted by Crippen LogP contribution is -2.50. The van der Waals surface area contributed by atoms with Gasteiger partial charge in [0, 0.05) is 10.9 Å². The molecule has 2 heteroatoms. The van der Waals surface area contributed by atoms with Gasteiger partial charge in [-0.05, 0) is 26.3 Å². The standard InChI is InChI=1S/C14H17NS/c1-10-6-7-12-11(9-10)15-13-5-3-4-8-14(13,2)16-12/h3-7,9,11-12,15H,8H2,1-2H3. The van der Waals surface area contributed by atoms with Crippen molar-refractivity contribution in [2.24, 2.45) is 0 Å². The Morgan fingerprint density at radius 3 is 3.25 bits per heavy atom. The Morgan fingerprint density at radius 1 is 1.50 bits per heavy atom. The summed E-state index contributed by atoms with van der Waals surface area (Å²) < 4.78 is 0.249. The van der Waals surface area contributed by atoms with E-state index in [1.807, 2.05) is 0 Å². The van der Waals surface area contributed by atoms with E-state index in [0.717, 1.165) is 6.42 Å². The van der Waals surface area contributed by atoms with Crippen LogP contribution in [-0.4, -0.2) is 16.0 Å². The highest BCUT2D eigenvalue weighted by molar-refractivity contribution is 8.01. The van der Waals surface area contributed by atoms with Crippen LogP contribution in [0.1, 0.15) is 20.3 Å². The van der Waals surface area contributed by atoms with E-state index in [1.165, 1.54) is 11.3 Å². The highest BCUT2D eigenvalue weighted by atomic mass is 32.2. The van der Waals surface area contributed by atoms with E-state index in [2.05, 4.69) is 67.4 Å². The molecule has 1 N–H and O–H groups in total. The van der Waals surface area contributed by atoms with Crippen LogP contribution in [0.15, 0.2) is 47.7 Å². The molecule has 0 spiro atoms. The van der Waals surface area contributed by atoms with Crippen LogP contribution in [0.3, 0.4) is 0 Å². The minimum absolute atomic E-state index is 0.249. The Bertz CT molecular complexity index is 430. The molecule has 0 aromatic heterocycles. The normalized spacial score (nSPS) is 40.4. The molecule has 84 valence electrons. The van der Waals surface area contributed by atoms with E-state index in [1.54, 1.807) is 0 Å². The Kier molecular flexibility index (Phi) is 2.28. The van der Waals surface area contributed by atoms with Gasteiger partial charge in [0.25, 0.3) is 0 Å². The molecule has 0 aromatic rings. The van der Waals surface area contributed by atoms with Gasteiger partial charge in [-0.3, -0.25) is 0 Å². The first-order valence-electron chi connectivity index (χ1n) is 5.86. The fourth-order valence-electron chi connectivity index (χ4n) is 2.57. The average Bonchev–Trinajstić information content (AvgIpc) is 2.26. The minimum atomic E-state index is 0.249. The number of rotatable bonds is 0. The third kappa shape index (κ3) is 1.56. The molecule has 0 saturated carbocycles. The van der Waals surface area contributed by atoms with Crippen LogP contribution >= 0.6 is 11.8 Å². The van der Waals surface area contributed by atoms with Gasteiger partial charge in [0.15, 0.2) is 0 Å². The summed E-state index contributed by atoms with van der Waals surface area (Å²) in [4.78, 5) is 0. The van der Waals surface area contributed by atoms with Gasteiger partial charge in [0.1, 0.15) is 0 Å². The van der Waals surface area contributed by atoms with Crippen molar-refractivity contribution in [3.63, 3.8) is 0 Å². The third-order valence-electron chi connectivity index (χ3n) is 3.54. The van der Waals surface area contributed by atoms with E-state index in [0.29, 0.717) is 11.3 Å². The topological polar surface area (TPSA) is 12.0 Å². The van der Waals surface area contributed by atoms with Gasteiger partial charge in [-0.15, -0.1) is 11.8 Å². The molecule has 0 bridgehead atoms. The monoisotopic (exact) mass is 231 g/mol. The predicted octanol–water partition coefficient (Wildman–Crippen LogP) is 3.18. The molecule has 3 aliphatic rings. The summed E-state index contributed by atoms with van der Waals surface area (Å²) in [7, 11) is 0. The molecule has 1 aliphatic heterocycles. The Hall–Kier alpha value is -0.890. The van der Waals surface area contributed by atoms with Crippen molar-refractivity contribution in [3.8, 4) is 0 Å². The van der Waals surface area contributed by atoms with Crippen LogP contribution in [0.4, 0.5) is 0 Å². The zero-order chi connectivity index (χ0) is 11.2. The van der Waals surface area contributed by atoms with Crippen LogP contribution in [0.2, 0.25) is 0 Å². The molecule has 0 amide bonds. The number of thioether (sulfide) groups is 1. The zero-order valence-electron chi connectivity index (χ0n) is 9.73. The number of allylic oxidation sites excluding steroid dienone is 5. The van der Waals surface area contributed by atoms with Gasteiger partial charge < -0.3 is 5.32 Å². The minimum Gasteiger partial charge on any atom is -0.380 e. The molecular weight excluding hydrogens is 214 g/mol. The lowest BCUT2D eigenvalue weighted by Gasteiger charge is -2.45. The number of hydrogen-bond acceptors (Lipinski definition) is 2. The smallest absolute Gasteiger partial charge is 0.0601 e. The van der Waals surface area contributed by atoms with E-state index in [4.69, 9.17) is 0 Å². The second kappa shape index (κ2) is 3.56. The Labute approximate surface area is 101 Å². The lowest BCUT2D eigenvalue weighted by atomic mass is 9.94. The molecule has 1 fully saturated rings. The van der Waals surface area contributed by atoms with Crippen LogP contribution in [-0.2, 0) is 0 Å². The van der Waals surface area contributed by atoms with Crippen molar-refractivity contribution < 1.29 is 0 Å². The fourth-order valence-corrected chi connectivity index (χ4v) is 4.07. The van der Waals surface area contributed by atoms with Crippen LogP contribution in [0, 0.1) is 0 Å². The third-order valence-corrected chi connectivity index (χ3v) is 5.17. The molecule has 1 nitrogen and oxygen atoms in total. The van der Waals surface area contributed by atoms with Crippen molar-refractivity contribution in [3.05, 3.63) is 47.7 Å².